The van der Waals surface area contributed by atoms with Crippen molar-refractivity contribution in [2.24, 2.45) is 5.73 Å². The Morgan fingerprint density at radius 1 is 1.45 bits per heavy atom. The van der Waals surface area contributed by atoms with E-state index in [-0.39, 0.29) is 5.84 Å². The Kier molecular flexibility index (Phi) is 4.08. The molecule has 1 heterocycles. The van der Waals surface area contributed by atoms with E-state index in [4.69, 9.17) is 15.9 Å². The monoisotopic (exact) mass is 272 g/mol. The molecule has 5 heteroatoms. The summed E-state index contributed by atoms with van der Waals surface area (Å²) in [5.74, 6) is 2.05. The maximum absolute atomic E-state index is 7.62. The van der Waals surface area contributed by atoms with Crippen LogP contribution in [0.2, 0.25) is 0 Å². The van der Waals surface area contributed by atoms with Crippen LogP contribution < -0.4 is 10.5 Å². The van der Waals surface area contributed by atoms with E-state index in [1.54, 1.807) is 7.11 Å². The first-order chi connectivity index (χ1) is 9.52. The number of aromatic nitrogens is 2. The second kappa shape index (κ2) is 5.77. The van der Waals surface area contributed by atoms with E-state index in [0.29, 0.717) is 23.8 Å². The van der Waals surface area contributed by atoms with E-state index in [0.717, 1.165) is 11.4 Å². The van der Waals surface area contributed by atoms with Gasteiger partial charge in [-0.3, -0.25) is 5.41 Å². The van der Waals surface area contributed by atoms with Crippen LogP contribution in [0.1, 0.15) is 36.7 Å². The molecule has 1 aromatic heterocycles. The smallest absolute Gasteiger partial charge is 0.129 e. The fourth-order valence-corrected chi connectivity index (χ4v) is 2.22. The molecule has 0 aliphatic carbocycles. The third-order valence-corrected chi connectivity index (χ3v) is 3.17. The molecule has 0 aliphatic heterocycles. The molecule has 20 heavy (non-hydrogen) atoms. The number of rotatable bonds is 5. The molecule has 0 saturated carbocycles. The Balaban J connectivity index is 2.32. The molecule has 0 bridgehead atoms. The summed E-state index contributed by atoms with van der Waals surface area (Å²) in [6.07, 6.45) is 3.78. The number of nitrogens with zero attached hydrogens (tertiary/aromatic N) is 2. The van der Waals surface area contributed by atoms with E-state index in [9.17, 15) is 0 Å². The number of benzene rings is 1. The maximum atomic E-state index is 7.62. The van der Waals surface area contributed by atoms with Gasteiger partial charge >= 0.3 is 0 Å². The van der Waals surface area contributed by atoms with Crippen molar-refractivity contribution in [1.82, 2.24) is 9.55 Å². The molecule has 3 N–H and O–H groups in total. The van der Waals surface area contributed by atoms with Crippen LogP contribution in [0.25, 0.3) is 0 Å². The highest BCUT2D eigenvalue weighted by molar-refractivity contribution is 5.97. The second-order valence-electron chi connectivity index (χ2n) is 5.02. The molecule has 0 saturated heterocycles. The normalized spacial score (nSPS) is 10.8. The van der Waals surface area contributed by atoms with E-state index in [1.165, 1.54) is 0 Å². The standard InChI is InChI=1S/C15H20N4O/c1-10(2)15-18-6-7-19(15)9-11-4-5-13(20-3)12(8-11)14(16)17/h4-8,10H,9H2,1-3H3,(H3,16,17). The van der Waals surface area contributed by atoms with Gasteiger partial charge in [0.15, 0.2) is 0 Å². The summed E-state index contributed by atoms with van der Waals surface area (Å²) in [6, 6.07) is 5.72. The van der Waals surface area contributed by atoms with Gasteiger partial charge in [0.1, 0.15) is 17.4 Å². The summed E-state index contributed by atoms with van der Waals surface area (Å²) in [7, 11) is 1.58. The summed E-state index contributed by atoms with van der Waals surface area (Å²) < 4.78 is 7.33. The summed E-state index contributed by atoms with van der Waals surface area (Å²) in [5.41, 5.74) is 7.28. The second-order valence-corrected chi connectivity index (χ2v) is 5.02. The number of amidine groups is 1. The summed E-state index contributed by atoms with van der Waals surface area (Å²) >= 11 is 0. The summed E-state index contributed by atoms with van der Waals surface area (Å²) in [4.78, 5) is 4.37. The SMILES string of the molecule is COc1ccc(Cn2ccnc2C(C)C)cc1C(=N)N. The first kappa shape index (κ1) is 14.1. The third kappa shape index (κ3) is 2.82. The quantitative estimate of drug-likeness (QED) is 0.648. The molecule has 106 valence electrons. The molecule has 0 aliphatic rings. The lowest BCUT2D eigenvalue weighted by Crippen LogP contribution is -2.14. The first-order valence-electron chi connectivity index (χ1n) is 6.55. The fraction of sp³-hybridized carbons (Fsp3) is 0.333. The minimum atomic E-state index is 0.0124. The van der Waals surface area contributed by atoms with Gasteiger partial charge < -0.3 is 15.0 Å². The van der Waals surface area contributed by atoms with Crippen LogP contribution in [-0.4, -0.2) is 22.5 Å². The van der Waals surface area contributed by atoms with Crippen molar-refractivity contribution in [3.8, 4) is 5.75 Å². The summed E-state index contributed by atoms with van der Waals surface area (Å²) in [5, 5.41) is 7.62. The van der Waals surface area contributed by atoms with Crippen LogP contribution in [0.3, 0.4) is 0 Å². The Hall–Kier alpha value is -2.30. The highest BCUT2D eigenvalue weighted by Gasteiger charge is 2.10. The zero-order valence-corrected chi connectivity index (χ0v) is 12.1. The number of nitrogen functional groups attached to an aromatic ring is 1. The van der Waals surface area contributed by atoms with Gasteiger partial charge in [0.05, 0.1) is 12.7 Å². The van der Waals surface area contributed by atoms with E-state index < -0.39 is 0 Å². The molecule has 0 unspecified atom stereocenters. The van der Waals surface area contributed by atoms with Crippen LogP contribution >= 0.6 is 0 Å². The van der Waals surface area contributed by atoms with Crippen molar-refractivity contribution in [1.29, 1.82) is 5.41 Å². The lowest BCUT2D eigenvalue weighted by Gasteiger charge is -2.13. The minimum Gasteiger partial charge on any atom is -0.496 e. The van der Waals surface area contributed by atoms with Crippen molar-refractivity contribution in [2.45, 2.75) is 26.3 Å². The lowest BCUT2D eigenvalue weighted by atomic mass is 10.1. The predicted molar refractivity (Wildman–Crippen MR) is 79.4 cm³/mol. The number of hydrogen-bond donors (Lipinski definition) is 2. The number of methoxy groups -OCH3 is 1. The molecular weight excluding hydrogens is 252 g/mol. The van der Waals surface area contributed by atoms with Crippen LogP contribution in [-0.2, 0) is 6.54 Å². The van der Waals surface area contributed by atoms with E-state index in [1.807, 2.05) is 30.6 Å². The number of nitrogens with two attached hydrogens (primary N) is 1. The maximum Gasteiger partial charge on any atom is 0.129 e. The highest BCUT2D eigenvalue weighted by atomic mass is 16.5. The molecule has 0 atom stereocenters. The molecule has 2 aromatic rings. The molecule has 5 nitrogen and oxygen atoms in total. The Morgan fingerprint density at radius 3 is 2.80 bits per heavy atom. The Bertz CT molecular complexity index is 616. The van der Waals surface area contributed by atoms with Gasteiger partial charge in [-0.1, -0.05) is 19.9 Å². The molecule has 0 amide bonds. The lowest BCUT2D eigenvalue weighted by molar-refractivity contribution is 0.413. The van der Waals surface area contributed by atoms with Gasteiger partial charge in [0.25, 0.3) is 0 Å². The molecule has 0 spiro atoms. The molecule has 0 fully saturated rings. The van der Waals surface area contributed by atoms with Gasteiger partial charge in [-0.15, -0.1) is 0 Å². The molecule has 2 rings (SSSR count). The number of imidazole rings is 1. The van der Waals surface area contributed by atoms with Crippen molar-refractivity contribution in [3.05, 3.63) is 47.5 Å². The Morgan fingerprint density at radius 2 is 2.20 bits per heavy atom. The zero-order chi connectivity index (χ0) is 14.7. The highest BCUT2D eigenvalue weighted by Crippen LogP contribution is 2.21. The number of ether oxygens (including phenoxy) is 1. The van der Waals surface area contributed by atoms with E-state index in [2.05, 4.69) is 23.4 Å². The largest absolute Gasteiger partial charge is 0.496 e. The number of hydrogen-bond acceptors (Lipinski definition) is 3. The van der Waals surface area contributed by atoms with Gasteiger partial charge in [-0.05, 0) is 17.7 Å². The topological polar surface area (TPSA) is 76.9 Å². The van der Waals surface area contributed by atoms with Crippen molar-refractivity contribution in [2.75, 3.05) is 7.11 Å². The van der Waals surface area contributed by atoms with Crippen LogP contribution in [0.15, 0.2) is 30.6 Å². The zero-order valence-electron chi connectivity index (χ0n) is 12.1. The van der Waals surface area contributed by atoms with Crippen LogP contribution in [0.5, 0.6) is 5.75 Å². The van der Waals surface area contributed by atoms with Crippen molar-refractivity contribution < 1.29 is 4.74 Å². The predicted octanol–water partition coefficient (Wildman–Crippen LogP) is 2.35. The minimum absolute atomic E-state index is 0.0124. The van der Waals surface area contributed by atoms with E-state index >= 15 is 0 Å². The van der Waals surface area contributed by atoms with Crippen LogP contribution in [0, 0.1) is 5.41 Å². The summed E-state index contributed by atoms with van der Waals surface area (Å²) in [6.45, 7) is 4.94. The van der Waals surface area contributed by atoms with Crippen molar-refractivity contribution >= 4 is 5.84 Å². The fourth-order valence-electron chi connectivity index (χ4n) is 2.22. The van der Waals surface area contributed by atoms with Gasteiger partial charge in [-0.2, -0.15) is 0 Å². The number of nitrogens with one attached hydrogen (secondary N) is 1. The first-order valence-corrected chi connectivity index (χ1v) is 6.55. The van der Waals surface area contributed by atoms with Crippen molar-refractivity contribution in [3.63, 3.8) is 0 Å². The van der Waals surface area contributed by atoms with Gasteiger partial charge in [0, 0.05) is 24.9 Å². The molecular formula is C15H20N4O. The van der Waals surface area contributed by atoms with Gasteiger partial charge in [-0.25, -0.2) is 4.98 Å². The molecule has 1 aromatic carbocycles. The average molecular weight is 272 g/mol. The van der Waals surface area contributed by atoms with Gasteiger partial charge in [0.2, 0.25) is 0 Å². The average Bonchev–Trinajstić information content (AvgIpc) is 2.87. The third-order valence-electron chi connectivity index (χ3n) is 3.17. The van der Waals surface area contributed by atoms with Crippen LogP contribution in [0.4, 0.5) is 0 Å². The Labute approximate surface area is 118 Å². The molecule has 0 radical (unpaired) electrons.